The van der Waals surface area contributed by atoms with Crippen molar-refractivity contribution < 1.29 is 235 Å². The number of phenolic OH excluding ortho intramolecular Hbond substituents is 4. The molecule has 2 aliphatic heterocycles. The van der Waals surface area contributed by atoms with Gasteiger partial charge in [-0.1, -0.05) is 46.3 Å². The average Bonchev–Trinajstić information content (AvgIpc) is 1.77. The van der Waals surface area contributed by atoms with E-state index in [1.807, 2.05) is 39.0 Å². The number of carbonyl (C=O) groups is 4. The molecule has 4 aliphatic carbocycles. The zero-order valence-corrected chi connectivity index (χ0v) is 72.1. The number of aliphatic carboxylic acids is 1. The van der Waals surface area contributed by atoms with E-state index in [1.165, 1.54) is 45.9 Å². The van der Waals surface area contributed by atoms with E-state index in [4.69, 9.17) is 68.6 Å². The number of aliphatic hydroxyl groups is 1. The molecule has 0 unspecified atom stereocenters. The Labute approximate surface area is 717 Å². The van der Waals surface area contributed by atoms with Crippen LogP contribution < -0.4 is 143 Å². The zero-order chi connectivity index (χ0) is 71.2. The molecular formula is C70H93Br2K2N2NaO21S2. The molecule has 0 saturated carbocycles. The molecule has 2 saturated heterocycles. The molecular weight excluding hydrogens is 1530 g/mol. The number of hydrogen-bond acceptors (Lipinski definition) is 20. The van der Waals surface area contributed by atoms with E-state index in [2.05, 4.69) is 72.1 Å². The molecule has 6 aliphatic rings. The number of nitrogens with zero attached hydrogens (tertiary/aromatic N) is 1. The topological polar surface area (TPSA) is 383 Å². The monoisotopic (exact) mass is 1620 g/mol. The van der Waals surface area contributed by atoms with Gasteiger partial charge < -0.3 is 76.5 Å². The van der Waals surface area contributed by atoms with Crippen molar-refractivity contribution >= 4 is 94.6 Å². The number of morpholine rings is 2. The number of fused-ring (bicyclic) bond motifs is 5. The number of aliphatic hydroxyl groups excluding tert-OH is 1. The number of hydrogen-bond donors (Lipinski definition) is 9. The number of phenols is 4. The molecule has 0 atom stereocenters. The van der Waals surface area contributed by atoms with Crippen LogP contribution in [-0.4, -0.2) is 154 Å². The van der Waals surface area contributed by atoms with Gasteiger partial charge in [0, 0.05) is 66.6 Å². The number of carboxylic acids is 1. The van der Waals surface area contributed by atoms with Crippen molar-refractivity contribution in [3.8, 4) is 23.0 Å². The third-order valence-corrected chi connectivity index (χ3v) is 17.9. The normalized spacial score (nSPS) is 13.7. The Morgan fingerprint density at radius 3 is 1.42 bits per heavy atom. The first-order valence-electron chi connectivity index (χ1n) is 31.7. The molecule has 23 nitrogen and oxygen atoms in total. The van der Waals surface area contributed by atoms with Gasteiger partial charge in [-0.25, -0.2) is 0 Å². The van der Waals surface area contributed by atoms with Gasteiger partial charge in [0.2, 0.25) is 0 Å². The number of Topliss-reactive ketones (excluding diaryl/α,β-unsaturated/α-hetero) is 1. The van der Waals surface area contributed by atoms with Crippen molar-refractivity contribution in [3.63, 3.8) is 0 Å². The number of aryl methyl sites for hydroxylation is 4. The second kappa shape index (κ2) is 51.0. The molecule has 12 rings (SSSR count). The van der Waals surface area contributed by atoms with Gasteiger partial charge in [-0.3, -0.25) is 28.3 Å². The van der Waals surface area contributed by atoms with Gasteiger partial charge in [0.05, 0.1) is 67.2 Å². The minimum atomic E-state index is -4.67. The number of esters is 1. The number of halogens is 2. The number of rotatable bonds is 10. The second-order valence-electron chi connectivity index (χ2n) is 23.1. The molecule has 6 aromatic rings. The first-order valence-corrected chi connectivity index (χ1v) is 35.5. The molecule has 3 heterocycles. The molecule has 0 amide bonds. The molecule has 1 aromatic heterocycles. The number of carboxylic acid groups (broad SMARTS) is 1. The summed E-state index contributed by atoms with van der Waals surface area (Å²) < 4.78 is 53.2. The van der Waals surface area contributed by atoms with Crippen LogP contribution in [0.15, 0.2) is 57.6 Å². The minimum Gasteiger partial charge on any atom is -1.00 e. The predicted molar refractivity (Wildman–Crippen MR) is 377 cm³/mol. The predicted octanol–water partition coefficient (Wildman–Crippen LogP) is 1.32. The number of alkyl halides is 1. The number of thiocarbonyl (C=S) groups is 1. The number of ketones is 1. The third kappa shape index (κ3) is 32.0. The quantitative estimate of drug-likeness (QED) is 0.0107. The summed E-state index contributed by atoms with van der Waals surface area (Å²) in [4.78, 5) is 47.7. The van der Waals surface area contributed by atoms with Gasteiger partial charge in [0.15, 0.2) is 5.78 Å². The maximum atomic E-state index is 11.4. The van der Waals surface area contributed by atoms with E-state index in [9.17, 15) is 34.8 Å². The van der Waals surface area contributed by atoms with Crippen LogP contribution in [0.2, 0.25) is 0 Å². The maximum absolute atomic E-state index is 11.4. The Hall–Kier alpha value is -2.33. The van der Waals surface area contributed by atoms with Crippen molar-refractivity contribution in [1.29, 1.82) is 0 Å². The van der Waals surface area contributed by atoms with Crippen molar-refractivity contribution in [1.82, 2.24) is 10.2 Å². The first kappa shape index (κ1) is 97.7. The van der Waals surface area contributed by atoms with E-state index in [0.717, 1.165) is 194 Å². The van der Waals surface area contributed by atoms with Crippen LogP contribution in [0.4, 0.5) is 0 Å². The Balaban J connectivity index is 0. The standard InChI is InChI=1S/C16H21NO2S.C14H18O3.C12H14O3.C12H14O2.C9H6Br2O.C4H9NO.C2H6O.CH2O3.2K.Na.H2O4S.H2O.H/c1-11-9-12(16(18)14-4-2-3-13(11)14)10-15(20)17-5-7-19-8-6-17;1-3-17-13(15)8-10-7-9(2)11-5-4-6-12(11)14(10)16;1-7-5-8(6-11(13)14)12(15)10-4-2-3-9(7)10;1-7-6-11(8(2)13)12(14)10-5-3-4-9(7)10;10-5-6-3-7-1-2-12-9(7)8(11)4-6;1-3-6-4-2-5-1;1-2-3;2-1-4-3;;;;1-5(2,3)4;;/h9,18H,2-8,10H2,1H3;7,16H,3-6,8H2,1-2H3;5,15H,2-4,6H2,1H3,(H,13,14);6,14H,3-5H2,1-2H3;1-4H,5H2;5H,1-4H2;3H,2H2,1H3;1,3H;;;;(H2,1,2,3,4);1H2;/q;;;;;;;;3*+1;;;-1/p-2. The molecule has 0 bridgehead atoms. The zero-order valence-electron chi connectivity index (χ0n) is 60.0. The van der Waals surface area contributed by atoms with E-state index in [1.54, 1.807) is 26.2 Å². The molecule has 538 valence electrons. The molecule has 5 aromatic carbocycles. The van der Waals surface area contributed by atoms with E-state index in [0.29, 0.717) is 41.2 Å². The number of carbonyl (C=O) groups excluding carboxylic acids is 3. The molecule has 100 heavy (non-hydrogen) atoms. The summed E-state index contributed by atoms with van der Waals surface area (Å²) in [5.41, 5.74) is 18.8. The smallest absolute Gasteiger partial charge is 1.00 e. The fraction of sp³-hybridized carbons (Fsp3) is 0.471. The van der Waals surface area contributed by atoms with Gasteiger partial charge in [-0.2, -0.15) is 8.42 Å². The average molecular weight is 1620 g/mol. The summed E-state index contributed by atoms with van der Waals surface area (Å²) in [6, 6.07) is 13.8. The van der Waals surface area contributed by atoms with Crippen LogP contribution in [-0.2, 0) is 120 Å². The van der Waals surface area contributed by atoms with Crippen molar-refractivity contribution in [3.05, 3.63) is 148 Å². The van der Waals surface area contributed by atoms with Crippen LogP contribution in [0.25, 0.3) is 11.0 Å². The van der Waals surface area contributed by atoms with Crippen LogP contribution in [0, 0.1) is 27.7 Å². The Bertz CT molecular complexity index is 3710. The van der Waals surface area contributed by atoms with Crippen LogP contribution >= 0.6 is 44.1 Å². The summed E-state index contributed by atoms with van der Waals surface area (Å²) in [7, 11) is -4.67. The van der Waals surface area contributed by atoms with Gasteiger partial charge >= 0.3 is 155 Å². The van der Waals surface area contributed by atoms with Gasteiger partial charge in [-0.05, 0) is 238 Å². The molecule has 2 fully saturated rings. The number of ether oxygens (including phenoxy) is 3. The molecule has 0 spiro atoms. The van der Waals surface area contributed by atoms with E-state index in [-0.39, 0.29) is 188 Å². The largest absolute Gasteiger partial charge is 1.00 e. The number of benzene rings is 5. The minimum absolute atomic E-state index is 0. The SMILES string of the molecule is BrCc1cc(Br)c2occc2c1.C1COCCN1.CC(=O)c1cc(C)c2c(c1O)CCC2.CCO.CCOC(=O)Cc1cc(C)c2c(c1O)CCC2.Cc1cc(CC(=O)O)c(O)c2c1CCC2.Cc1cc(CC(=S)N2CCOCC2)c(O)c2c1CCC2.O=CO[O-].O=S(=O)(O)O.[H-].[K+].[K+].[Na+].[OH-]. The summed E-state index contributed by atoms with van der Waals surface area (Å²) in [6.07, 6.45) is 14.7. The van der Waals surface area contributed by atoms with Crippen LogP contribution in [0.3, 0.4) is 0 Å². The van der Waals surface area contributed by atoms with Gasteiger partial charge in [-0.15, -0.1) is 0 Å². The van der Waals surface area contributed by atoms with Gasteiger partial charge in [0.25, 0.3) is 6.47 Å². The number of furan rings is 1. The van der Waals surface area contributed by atoms with E-state index < -0.39 is 16.4 Å². The van der Waals surface area contributed by atoms with Crippen LogP contribution in [0.1, 0.15) is 147 Å². The fourth-order valence-corrected chi connectivity index (χ4v) is 13.4. The number of nitrogens with one attached hydrogen (secondary N) is 1. The maximum Gasteiger partial charge on any atom is 1.00 e. The summed E-state index contributed by atoms with van der Waals surface area (Å²) >= 11 is 12.4. The molecule has 0 radical (unpaired) electrons. The molecule has 30 heteroatoms. The van der Waals surface area contributed by atoms with Crippen molar-refractivity contribution in [2.45, 2.75) is 150 Å². The van der Waals surface area contributed by atoms with Crippen molar-refractivity contribution in [2.75, 3.05) is 65.8 Å². The van der Waals surface area contributed by atoms with Gasteiger partial charge in [0.1, 0.15) is 28.6 Å². The second-order valence-corrected chi connectivity index (χ2v) is 25.9. The van der Waals surface area contributed by atoms with Crippen LogP contribution in [0.5, 0.6) is 23.0 Å². The fourth-order valence-electron chi connectivity index (χ4n) is 12.1. The Kier molecular flexibility index (Phi) is 49.8. The van der Waals surface area contributed by atoms with E-state index >= 15 is 0 Å². The Morgan fingerprint density at radius 2 is 1.06 bits per heavy atom. The first-order chi connectivity index (χ1) is 45.6. The summed E-state index contributed by atoms with van der Waals surface area (Å²) in [5.74, 6) is -0.0240. The summed E-state index contributed by atoms with van der Waals surface area (Å²) in [6.45, 7) is 20.6. The summed E-state index contributed by atoms with van der Waals surface area (Å²) in [5, 5.41) is 70.3. The molecule has 10 N–H and O–H groups in total. The third-order valence-electron chi connectivity index (χ3n) is 16.3. The van der Waals surface area contributed by atoms with Crippen molar-refractivity contribution in [2.24, 2.45) is 0 Å². The number of aromatic hydroxyl groups is 4. The Morgan fingerprint density at radius 1 is 0.680 bits per heavy atom.